The second-order valence-corrected chi connectivity index (χ2v) is 6.61. The van der Waals surface area contributed by atoms with E-state index in [-0.39, 0.29) is 24.0 Å². The first-order valence-corrected chi connectivity index (χ1v) is 9.49. The number of hydrogen-bond acceptors (Lipinski definition) is 6. The molecule has 8 nitrogen and oxygen atoms in total. The Kier molecular flexibility index (Phi) is 6.28. The Morgan fingerprint density at radius 3 is 2.71 bits per heavy atom. The zero-order valence-electron chi connectivity index (χ0n) is 15.1. The summed E-state index contributed by atoms with van der Waals surface area (Å²) in [6, 6.07) is 13.6. The van der Waals surface area contributed by atoms with Gasteiger partial charge in [-0.15, -0.1) is 0 Å². The molecule has 0 radical (unpaired) electrons. The summed E-state index contributed by atoms with van der Waals surface area (Å²) in [5.41, 5.74) is 1.59. The summed E-state index contributed by atoms with van der Waals surface area (Å²) in [5.74, 6) is -0.568. The summed E-state index contributed by atoms with van der Waals surface area (Å²) in [6.07, 6.45) is 3.05. The third-order valence-corrected chi connectivity index (χ3v) is 4.65. The van der Waals surface area contributed by atoms with Crippen LogP contribution in [-0.4, -0.2) is 34.0 Å². The maximum Gasteiger partial charge on any atom is 0.358 e. The van der Waals surface area contributed by atoms with Crippen LogP contribution in [0.15, 0.2) is 66.0 Å². The van der Waals surface area contributed by atoms with E-state index in [0.29, 0.717) is 10.7 Å². The Hall–Kier alpha value is -3.33. The third kappa shape index (κ3) is 4.89. The summed E-state index contributed by atoms with van der Waals surface area (Å²) in [7, 11) is 0. The minimum atomic E-state index is -0.472. The van der Waals surface area contributed by atoms with E-state index < -0.39 is 5.97 Å². The lowest BCUT2D eigenvalue weighted by atomic mass is 10.3. The van der Waals surface area contributed by atoms with Gasteiger partial charge in [-0.3, -0.25) is 4.79 Å². The van der Waals surface area contributed by atoms with E-state index in [9.17, 15) is 14.8 Å². The molecule has 0 aliphatic heterocycles. The van der Waals surface area contributed by atoms with Crippen molar-refractivity contribution in [2.45, 2.75) is 11.9 Å². The summed E-state index contributed by atoms with van der Waals surface area (Å²) >= 11 is 1.16. The van der Waals surface area contributed by atoms with Crippen LogP contribution in [0.4, 0.5) is 5.69 Å². The molecule has 0 aliphatic rings. The van der Waals surface area contributed by atoms with Crippen molar-refractivity contribution in [1.82, 2.24) is 9.78 Å². The van der Waals surface area contributed by atoms with Gasteiger partial charge in [0.25, 0.3) is 5.03 Å². The van der Waals surface area contributed by atoms with Crippen molar-refractivity contribution in [2.24, 2.45) is 0 Å². The first-order valence-electron chi connectivity index (χ1n) is 8.51. The fourth-order valence-electron chi connectivity index (χ4n) is 2.34. The van der Waals surface area contributed by atoms with Crippen molar-refractivity contribution in [1.29, 1.82) is 0 Å². The molecule has 0 aliphatic carbocycles. The lowest BCUT2D eigenvalue weighted by Gasteiger charge is -2.07. The first kappa shape index (κ1) is 19.4. The van der Waals surface area contributed by atoms with Crippen LogP contribution in [0, 0.1) is 5.21 Å². The van der Waals surface area contributed by atoms with Crippen LogP contribution in [0.25, 0.3) is 5.69 Å². The number of aromatic nitrogens is 3. The molecule has 0 fully saturated rings. The standard InChI is InChI=1S/C19H18N4O4S/c1-2-27-19(25)16-10-12-22(21-16)15-8-6-14(7-9-15)20-17(24)13-28-18-5-3-4-11-23(18)26/h3-12H,2,13H2,1H3,(H,20,24). The molecule has 3 rings (SSSR count). The predicted molar refractivity (Wildman–Crippen MR) is 104 cm³/mol. The molecule has 28 heavy (non-hydrogen) atoms. The monoisotopic (exact) mass is 398 g/mol. The number of pyridine rings is 1. The fourth-order valence-corrected chi connectivity index (χ4v) is 3.05. The Labute approximate surface area is 165 Å². The summed E-state index contributed by atoms with van der Waals surface area (Å²) in [6.45, 7) is 2.02. The molecule has 0 atom stereocenters. The predicted octanol–water partition coefficient (Wildman–Crippen LogP) is 2.41. The third-order valence-electron chi connectivity index (χ3n) is 3.63. The van der Waals surface area contributed by atoms with Gasteiger partial charge in [0.15, 0.2) is 11.9 Å². The second kappa shape index (κ2) is 9.05. The van der Waals surface area contributed by atoms with Crippen molar-refractivity contribution in [2.75, 3.05) is 17.7 Å². The van der Waals surface area contributed by atoms with Crippen molar-refractivity contribution in [3.8, 4) is 5.69 Å². The molecule has 0 unspecified atom stereocenters. The number of carbonyl (C=O) groups excluding carboxylic acids is 2. The van der Waals surface area contributed by atoms with Crippen molar-refractivity contribution in [3.05, 3.63) is 71.8 Å². The number of esters is 1. The van der Waals surface area contributed by atoms with Gasteiger partial charge in [0.05, 0.1) is 18.0 Å². The number of carbonyl (C=O) groups is 2. The molecule has 0 saturated carbocycles. The number of nitrogens with one attached hydrogen (secondary N) is 1. The molecule has 144 valence electrons. The summed E-state index contributed by atoms with van der Waals surface area (Å²) in [5, 5.41) is 19.0. The topological polar surface area (TPSA) is 100 Å². The molecule has 1 aromatic carbocycles. The summed E-state index contributed by atoms with van der Waals surface area (Å²) in [4.78, 5) is 23.8. The van der Waals surface area contributed by atoms with E-state index in [1.807, 2.05) is 0 Å². The van der Waals surface area contributed by atoms with Gasteiger partial charge < -0.3 is 15.3 Å². The van der Waals surface area contributed by atoms with Gasteiger partial charge in [0, 0.05) is 24.0 Å². The van der Waals surface area contributed by atoms with Crippen LogP contribution < -0.4 is 10.0 Å². The molecule has 2 aromatic heterocycles. The highest BCUT2D eigenvalue weighted by molar-refractivity contribution is 7.99. The van der Waals surface area contributed by atoms with E-state index in [0.717, 1.165) is 22.2 Å². The maximum atomic E-state index is 12.1. The number of thioether (sulfide) groups is 1. The summed E-state index contributed by atoms with van der Waals surface area (Å²) < 4.78 is 7.19. The first-order chi connectivity index (χ1) is 13.6. The Bertz CT molecular complexity index is 972. The van der Waals surface area contributed by atoms with Crippen molar-refractivity contribution in [3.63, 3.8) is 0 Å². The van der Waals surface area contributed by atoms with Gasteiger partial charge in [0.1, 0.15) is 0 Å². The Morgan fingerprint density at radius 1 is 1.21 bits per heavy atom. The minimum absolute atomic E-state index is 0.121. The van der Waals surface area contributed by atoms with Gasteiger partial charge in [-0.2, -0.15) is 9.83 Å². The molecule has 9 heteroatoms. The average Bonchev–Trinajstić information content (AvgIpc) is 3.18. The maximum absolute atomic E-state index is 12.1. The molecule has 0 saturated heterocycles. The molecule has 1 N–H and O–H groups in total. The fraction of sp³-hybridized carbons (Fsp3) is 0.158. The van der Waals surface area contributed by atoms with Crippen LogP contribution >= 0.6 is 11.8 Å². The normalized spacial score (nSPS) is 10.5. The molecule has 3 aromatic rings. The largest absolute Gasteiger partial charge is 0.618 e. The minimum Gasteiger partial charge on any atom is -0.618 e. The second-order valence-electron chi connectivity index (χ2n) is 5.61. The quantitative estimate of drug-likeness (QED) is 0.284. The number of anilines is 1. The zero-order chi connectivity index (χ0) is 19.9. The van der Waals surface area contributed by atoms with Crippen LogP contribution in [0.5, 0.6) is 0 Å². The Morgan fingerprint density at radius 2 is 2.00 bits per heavy atom. The molecule has 0 bridgehead atoms. The van der Waals surface area contributed by atoms with E-state index in [2.05, 4.69) is 10.4 Å². The van der Waals surface area contributed by atoms with Crippen molar-refractivity contribution < 1.29 is 19.1 Å². The molecule has 1 amide bonds. The van der Waals surface area contributed by atoms with E-state index >= 15 is 0 Å². The lowest BCUT2D eigenvalue weighted by Crippen LogP contribution is -2.28. The highest BCUT2D eigenvalue weighted by Crippen LogP contribution is 2.16. The van der Waals surface area contributed by atoms with Gasteiger partial charge in [0.2, 0.25) is 5.91 Å². The van der Waals surface area contributed by atoms with Gasteiger partial charge in [-0.1, -0.05) is 0 Å². The zero-order valence-corrected chi connectivity index (χ0v) is 15.9. The van der Waals surface area contributed by atoms with Gasteiger partial charge in [-0.05, 0) is 55.1 Å². The number of ether oxygens (including phenoxy) is 1. The van der Waals surface area contributed by atoms with Crippen LogP contribution in [0.2, 0.25) is 0 Å². The average molecular weight is 398 g/mol. The van der Waals surface area contributed by atoms with Crippen LogP contribution in [-0.2, 0) is 9.53 Å². The smallest absolute Gasteiger partial charge is 0.358 e. The van der Waals surface area contributed by atoms with Crippen LogP contribution in [0.1, 0.15) is 17.4 Å². The SMILES string of the molecule is CCOC(=O)c1ccn(-c2ccc(NC(=O)CSc3cccc[n+]3[O-])cc2)n1. The lowest BCUT2D eigenvalue weighted by molar-refractivity contribution is -0.645. The van der Waals surface area contributed by atoms with Gasteiger partial charge in [-0.25, -0.2) is 9.48 Å². The molecular formula is C19H18N4O4S. The number of benzene rings is 1. The van der Waals surface area contributed by atoms with E-state index in [4.69, 9.17) is 4.74 Å². The highest BCUT2D eigenvalue weighted by atomic mass is 32.2. The van der Waals surface area contributed by atoms with E-state index in [1.165, 1.54) is 6.20 Å². The molecule has 2 heterocycles. The van der Waals surface area contributed by atoms with E-state index in [1.54, 1.807) is 66.3 Å². The Balaban J connectivity index is 1.57. The highest BCUT2D eigenvalue weighted by Gasteiger charge is 2.12. The van der Waals surface area contributed by atoms with Gasteiger partial charge >= 0.3 is 5.97 Å². The molecule has 0 spiro atoms. The van der Waals surface area contributed by atoms with Crippen LogP contribution in [0.3, 0.4) is 0 Å². The number of hydrogen-bond donors (Lipinski definition) is 1. The number of nitrogens with zero attached hydrogens (tertiary/aromatic N) is 3. The number of rotatable bonds is 7. The van der Waals surface area contributed by atoms with Crippen molar-refractivity contribution >= 4 is 29.3 Å². The number of amides is 1. The molecular weight excluding hydrogens is 380 g/mol.